The van der Waals surface area contributed by atoms with Crippen LogP contribution in [0.3, 0.4) is 0 Å². The lowest BCUT2D eigenvalue weighted by Gasteiger charge is -2.21. The Balaban J connectivity index is 3.04. The standard InChI is InChI=1S/C16H26N2O5S/c1-11(2)14(17)8-9-18(3)24(20,21)12-6-7-13(16(19)23-5)15(10-12)22-4/h6-7,10-11,14H,8-9,17H2,1-5H3. The summed E-state index contributed by atoms with van der Waals surface area (Å²) in [6, 6.07) is 3.99. The van der Waals surface area contributed by atoms with Crippen LogP contribution in [0.5, 0.6) is 5.75 Å². The van der Waals surface area contributed by atoms with E-state index in [2.05, 4.69) is 4.74 Å². The van der Waals surface area contributed by atoms with Crippen molar-refractivity contribution >= 4 is 16.0 Å². The van der Waals surface area contributed by atoms with Crippen LogP contribution in [0.15, 0.2) is 23.1 Å². The van der Waals surface area contributed by atoms with Gasteiger partial charge in [0.2, 0.25) is 10.0 Å². The summed E-state index contributed by atoms with van der Waals surface area (Å²) >= 11 is 0. The average molecular weight is 358 g/mol. The maximum absolute atomic E-state index is 12.6. The first kappa shape index (κ1) is 20.4. The Morgan fingerprint density at radius 3 is 2.42 bits per heavy atom. The monoisotopic (exact) mass is 358 g/mol. The van der Waals surface area contributed by atoms with E-state index in [1.54, 1.807) is 0 Å². The molecule has 0 aliphatic heterocycles. The normalized spacial score (nSPS) is 13.2. The number of methoxy groups -OCH3 is 2. The number of ether oxygens (including phenoxy) is 2. The second-order valence-electron chi connectivity index (χ2n) is 5.88. The van der Waals surface area contributed by atoms with Crippen LogP contribution in [-0.2, 0) is 14.8 Å². The molecule has 0 saturated heterocycles. The van der Waals surface area contributed by atoms with Gasteiger partial charge in [-0.3, -0.25) is 0 Å². The minimum absolute atomic E-state index is 0.0487. The van der Waals surface area contributed by atoms with Crippen LogP contribution in [0.4, 0.5) is 0 Å². The van der Waals surface area contributed by atoms with Crippen molar-refractivity contribution in [1.29, 1.82) is 0 Å². The van der Waals surface area contributed by atoms with Gasteiger partial charge in [0.25, 0.3) is 0 Å². The number of carbonyl (C=O) groups is 1. The summed E-state index contributed by atoms with van der Waals surface area (Å²) in [7, 11) is 0.419. The lowest BCUT2D eigenvalue weighted by Crippen LogP contribution is -2.34. The molecule has 8 heteroatoms. The molecule has 1 aromatic rings. The van der Waals surface area contributed by atoms with Gasteiger partial charge in [0.1, 0.15) is 11.3 Å². The fourth-order valence-corrected chi connectivity index (χ4v) is 3.28. The highest BCUT2D eigenvalue weighted by molar-refractivity contribution is 7.89. The van der Waals surface area contributed by atoms with Gasteiger partial charge in [0.05, 0.1) is 19.1 Å². The zero-order chi connectivity index (χ0) is 18.5. The molecule has 1 atom stereocenters. The molecule has 0 heterocycles. The Morgan fingerprint density at radius 1 is 1.29 bits per heavy atom. The van der Waals surface area contributed by atoms with Gasteiger partial charge in [0, 0.05) is 25.7 Å². The summed E-state index contributed by atoms with van der Waals surface area (Å²) in [6.07, 6.45) is 0.560. The lowest BCUT2D eigenvalue weighted by atomic mass is 10.0. The molecule has 0 fully saturated rings. The van der Waals surface area contributed by atoms with Crippen LogP contribution in [0.25, 0.3) is 0 Å². The topological polar surface area (TPSA) is 98.9 Å². The minimum atomic E-state index is -3.70. The molecule has 0 radical (unpaired) electrons. The summed E-state index contributed by atoms with van der Waals surface area (Å²) in [5, 5.41) is 0. The fourth-order valence-electron chi connectivity index (χ4n) is 2.07. The first-order valence-corrected chi connectivity index (χ1v) is 9.07. The summed E-state index contributed by atoms with van der Waals surface area (Å²) in [6.45, 7) is 4.30. The molecule has 24 heavy (non-hydrogen) atoms. The molecular formula is C16H26N2O5S. The highest BCUT2D eigenvalue weighted by Crippen LogP contribution is 2.25. The molecule has 1 rings (SSSR count). The molecule has 1 unspecified atom stereocenters. The molecular weight excluding hydrogens is 332 g/mol. The van der Waals surface area contributed by atoms with Gasteiger partial charge in [0.15, 0.2) is 0 Å². The van der Waals surface area contributed by atoms with E-state index in [-0.39, 0.29) is 28.2 Å². The van der Waals surface area contributed by atoms with E-state index in [0.717, 1.165) is 0 Å². The van der Waals surface area contributed by atoms with Crippen LogP contribution in [0.2, 0.25) is 0 Å². The van der Waals surface area contributed by atoms with E-state index in [0.29, 0.717) is 13.0 Å². The predicted molar refractivity (Wildman–Crippen MR) is 91.6 cm³/mol. The number of nitrogens with zero attached hydrogens (tertiary/aromatic N) is 1. The van der Waals surface area contributed by atoms with Crippen LogP contribution in [0, 0.1) is 5.92 Å². The molecule has 0 aliphatic rings. The number of hydrogen-bond acceptors (Lipinski definition) is 6. The highest BCUT2D eigenvalue weighted by atomic mass is 32.2. The van der Waals surface area contributed by atoms with Crippen molar-refractivity contribution in [3.63, 3.8) is 0 Å². The van der Waals surface area contributed by atoms with Gasteiger partial charge < -0.3 is 15.2 Å². The molecule has 0 saturated carbocycles. The smallest absolute Gasteiger partial charge is 0.341 e. The quantitative estimate of drug-likeness (QED) is 0.707. The average Bonchev–Trinajstić information content (AvgIpc) is 2.57. The Labute approximate surface area is 143 Å². The number of nitrogens with two attached hydrogens (primary N) is 1. The molecule has 7 nitrogen and oxygen atoms in total. The number of esters is 1. The number of carbonyl (C=O) groups excluding carboxylic acids is 1. The third-order valence-electron chi connectivity index (χ3n) is 3.92. The second kappa shape index (κ2) is 8.46. The maximum Gasteiger partial charge on any atom is 0.341 e. The highest BCUT2D eigenvalue weighted by Gasteiger charge is 2.24. The minimum Gasteiger partial charge on any atom is -0.496 e. The van der Waals surface area contributed by atoms with Gasteiger partial charge in [-0.1, -0.05) is 13.8 Å². The predicted octanol–water partition coefficient (Wildman–Crippen LogP) is 1.48. The summed E-state index contributed by atoms with van der Waals surface area (Å²) in [5.74, 6) is -0.164. The van der Waals surface area contributed by atoms with Crippen molar-refractivity contribution in [3.05, 3.63) is 23.8 Å². The number of hydrogen-bond donors (Lipinski definition) is 1. The molecule has 0 amide bonds. The van der Waals surface area contributed by atoms with Crippen LogP contribution >= 0.6 is 0 Å². The SMILES string of the molecule is COC(=O)c1ccc(S(=O)(=O)N(C)CCC(N)C(C)C)cc1OC. The van der Waals surface area contributed by atoms with Gasteiger partial charge in [-0.15, -0.1) is 0 Å². The van der Waals surface area contributed by atoms with Crippen LogP contribution < -0.4 is 10.5 Å². The molecule has 0 bridgehead atoms. The number of rotatable bonds is 8. The van der Waals surface area contributed by atoms with Crippen molar-refractivity contribution in [3.8, 4) is 5.75 Å². The fraction of sp³-hybridized carbons (Fsp3) is 0.562. The summed E-state index contributed by atoms with van der Waals surface area (Å²) < 4.78 is 36.3. The Morgan fingerprint density at radius 2 is 1.92 bits per heavy atom. The summed E-state index contributed by atoms with van der Waals surface area (Å²) in [5.41, 5.74) is 6.14. The maximum atomic E-state index is 12.6. The number of sulfonamides is 1. The zero-order valence-corrected chi connectivity index (χ0v) is 15.6. The van der Waals surface area contributed by atoms with Crippen molar-refractivity contribution in [2.75, 3.05) is 27.8 Å². The van der Waals surface area contributed by atoms with Crippen LogP contribution in [-0.4, -0.2) is 52.5 Å². The van der Waals surface area contributed by atoms with E-state index >= 15 is 0 Å². The zero-order valence-electron chi connectivity index (χ0n) is 14.8. The van der Waals surface area contributed by atoms with Crippen molar-refractivity contribution in [1.82, 2.24) is 4.31 Å². The van der Waals surface area contributed by atoms with E-state index in [1.165, 1.54) is 43.8 Å². The van der Waals surface area contributed by atoms with E-state index in [4.69, 9.17) is 10.5 Å². The molecule has 1 aromatic carbocycles. The Bertz CT molecular complexity index is 673. The molecule has 0 spiro atoms. The van der Waals surface area contributed by atoms with Crippen molar-refractivity contribution < 1.29 is 22.7 Å². The lowest BCUT2D eigenvalue weighted by molar-refractivity contribution is 0.0597. The molecule has 2 N–H and O–H groups in total. The van der Waals surface area contributed by atoms with Crippen molar-refractivity contribution in [2.45, 2.75) is 31.2 Å². The van der Waals surface area contributed by atoms with Gasteiger partial charge >= 0.3 is 5.97 Å². The van der Waals surface area contributed by atoms with Crippen LogP contribution in [0.1, 0.15) is 30.6 Å². The van der Waals surface area contributed by atoms with Crippen molar-refractivity contribution in [2.24, 2.45) is 11.7 Å². The van der Waals surface area contributed by atoms with Gasteiger partial charge in [-0.2, -0.15) is 0 Å². The molecule has 0 aromatic heterocycles. The first-order chi connectivity index (χ1) is 11.1. The third kappa shape index (κ3) is 4.68. The second-order valence-corrected chi connectivity index (χ2v) is 7.92. The Hall–Kier alpha value is -1.64. The molecule has 0 aliphatic carbocycles. The van der Waals surface area contributed by atoms with E-state index in [1.807, 2.05) is 13.8 Å². The third-order valence-corrected chi connectivity index (χ3v) is 5.77. The summed E-state index contributed by atoms with van der Waals surface area (Å²) in [4.78, 5) is 11.7. The van der Waals surface area contributed by atoms with E-state index < -0.39 is 16.0 Å². The first-order valence-electron chi connectivity index (χ1n) is 7.63. The largest absolute Gasteiger partial charge is 0.496 e. The van der Waals surface area contributed by atoms with Gasteiger partial charge in [-0.25, -0.2) is 17.5 Å². The Kier molecular flexibility index (Phi) is 7.19. The van der Waals surface area contributed by atoms with Gasteiger partial charge in [-0.05, 0) is 24.5 Å². The molecule has 136 valence electrons. The number of benzene rings is 1. The van der Waals surface area contributed by atoms with E-state index in [9.17, 15) is 13.2 Å².